The lowest BCUT2D eigenvalue weighted by atomic mass is 10.2. The molecule has 27 heavy (non-hydrogen) atoms. The fourth-order valence-electron chi connectivity index (χ4n) is 2.43. The highest BCUT2D eigenvalue weighted by molar-refractivity contribution is 7.99. The van der Waals surface area contributed by atoms with Gasteiger partial charge < -0.3 is 4.42 Å². The van der Waals surface area contributed by atoms with Gasteiger partial charge in [-0.1, -0.05) is 12.1 Å². The van der Waals surface area contributed by atoms with Crippen LogP contribution in [0.5, 0.6) is 0 Å². The third-order valence-electron chi connectivity index (χ3n) is 3.66. The lowest BCUT2D eigenvalue weighted by molar-refractivity contribution is 0.485. The van der Waals surface area contributed by atoms with E-state index >= 15 is 0 Å². The molecule has 0 unspecified atom stereocenters. The van der Waals surface area contributed by atoms with Gasteiger partial charge >= 0.3 is 0 Å². The van der Waals surface area contributed by atoms with Crippen LogP contribution < -0.4 is 0 Å². The van der Waals surface area contributed by atoms with Gasteiger partial charge in [0.25, 0.3) is 0 Å². The number of aromatic nitrogens is 5. The third-order valence-corrected chi connectivity index (χ3v) is 4.57. The van der Waals surface area contributed by atoms with Crippen LogP contribution in [0.15, 0.2) is 69.7 Å². The van der Waals surface area contributed by atoms with Crippen molar-refractivity contribution in [3.63, 3.8) is 0 Å². The first-order chi connectivity index (χ1) is 13.2. The van der Waals surface area contributed by atoms with E-state index in [2.05, 4.69) is 20.2 Å². The predicted molar refractivity (Wildman–Crippen MR) is 94.1 cm³/mol. The summed E-state index contributed by atoms with van der Waals surface area (Å²) < 4.78 is 21.5. The van der Waals surface area contributed by atoms with Crippen molar-refractivity contribution in [2.24, 2.45) is 0 Å². The van der Waals surface area contributed by atoms with E-state index in [0.717, 1.165) is 0 Å². The Hall–Kier alpha value is -3.51. The Bertz CT molecular complexity index is 1100. The van der Waals surface area contributed by atoms with Crippen molar-refractivity contribution >= 4 is 11.8 Å². The zero-order valence-electron chi connectivity index (χ0n) is 13.8. The van der Waals surface area contributed by atoms with Crippen LogP contribution in [0.2, 0.25) is 0 Å². The highest BCUT2D eigenvalue weighted by Crippen LogP contribution is 2.30. The van der Waals surface area contributed by atoms with E-state index in [0.29, 0.717) is 33.9 Å². The Labute approximate surface area is 157 Å². The van der Waals surface area contributed by atoms with Crippen LogP contribution in [0.25, 0.3) is 11.4 Å². The van der Waals surface area contributed by atoms with Crippen LogP contribution in [-0.2, 0) is 6.54 Å². The maximum Gasteiger partial charge on any atom is 0.198 e. The van der Waals surface area contributed by atoms with E-state index in [9.17, 15) is 4.39 Å². The zero-order valence-corrected chi connectivity index (χ0v) is 14.6. The zero-order chi connectivity index (χ0) is 18.6. The van der Waals surface area contributed by atoms with E-state index in [4.69, 9.17) is 9.68 Å². The van der Waals surface area contributed by atoms with E-state index in [1.807, 2.05) is 12.1 Å². The SMILES string of the molecule is N#Cc1cnc(Sc2nnc(-c3ccccc3F)n2Cc2ccco2)cn1. The highest BCUT2D eigenvalue weighted by atomic mass is 32.2. The van der Waals surface area contributed by atoms with Crippen LogP contribution in [0.4, 0.5) is 4.39 Å². The molecule has 0 spiro atoms. The van der Waals surface area contributed by atoms with Crippen LogP contribution in [0.1, 0.15) is 11.5 Å². The van der Waals surface area contributed by atoms with Crippen LogP contribution in [0, 0.1) is 17.1 Å². The van der Waals surface area contributed by atoms with Crippen LogP contribution in [-0.4, -0.2) is 24.7 Å². The molecule has 0 amide bonds. The molecule has 0 aliphatic carbocycles. The summed E-state index contributed by atoms with van der Waals surface area (Å²) in [6.45, 7) is 0.329. The van der Waals surface area contributed by atoms with Gasteiger partial charge in [-0.25, -0.2) is 14.4 Å². The first kappa shape index (κ1) is 16.9. The number of nitrogens with zero attached hydrogens (tertiary/aromatic N) is 6. The fraction of sp³-hybridized carbons (Fsp3) is 0.0556. The summed E-state index contributed by atoms with van der Waals surface area (Å²) in [6, 6.07) is 11.9. The summed E-state index contributed by atoms with van der Waals surface area (Å²) in [4.78, 5) is 8.18. The van der Waals surface area contributed by atoms with Crippen molar-refractivity contribution in [2.45, 2.75) is 16.7 Å². The quantitative estimate of drug-likeness (QED) is 0.524. The molecule has 1 aromatic carbocycles. The van der Waals surface area contributed by atoms with Gasteiger partial charge in [0.15, 0.2) is 16.7 Å². The number of hydrogen-bond donors (Lipinski definition) is 0. The summed E-state index contributed by atoms with van der Waals surface area (Å²) in [5, 5.41) is 18.2. The summed E-state index contributed by atoms with van der Waals surface area (Å²) >= 11 is 1.22. The molecule has 4 rings (SSSR count). The standard InChI is InChI=1S/C18H11FN6OS/c19-15-6-2-1-5-14(15)17-23-24-18(25(17)11-13-4-3-7-26-13)27-16-10-21-12(8-20)9-22-16/h1-7,9-10H,11H2. The third kappa shape index (κ3) is 3.56. The van der Waals surface area contributed by atoms with Gasteiger partial charge in [0.2, 0.25) is 0 Å². The van der Waals surface area contributed by atoms with Crippen molar-refractivity contribution in [1.82, 2.24) is 24.7 Å². The van der Waals surface area contributed by atoms with Gasteiger partial charge in [-0.05, 0) is 36.0 Å². The first-order valence-corrected chi connectivity index (χ1v) is 8.67. The van der Waals surface area contributed by atoms with Gasteiger partial charge in [0.1, 0.15) is 22.7 Å². The summed E-state index contributed by atoms with van der Waals surface area (Å²) in [5.74, 6) is 0.675. The molecule has 4 aromatic rings. The minimum Gasteiger partial charge on any atom is -0.467 e. The molecular formula is C18H11FN6OS. The van der Waals surface area contributed by atoms with Crippen LogP contribution >= 0.6 is 11.8 Å². The number of nitriles is 1. The molecule has 0 saturated heterocycles. The molecule has 9 heteroatoms. The molecule has 0 radical (unpaired) electrons. The Morgan fingerprint density at radius 1 is 1.11 bits per heavy atom. The van der Waals surface area contributed by atoms with Gasteiger partial charge in [-0.15, -0.1) is 10.2 Å². The molecule has 0 saturated carbocycles. The predicted octanol–water partition coefficient (Wildman–Crippen LogP) is 3.54. The topological polar surface area (TPSA) is 93.4 Å². The molecule has 132 valence electrons. The molecule has 0 bridgehead atoms. The van der Waals surface area contributed by atoms with Gasteiger partial charge in [0, 0.05) is 0 Å². The molecule has 0 atom stereocenters. The molecule has 0 N–H and O–H groups in total. The molecule has 0 fully saturated rings. The van der Waals surface area contributed by atoms with Crippen molar-refractivity contribution in [3.05, 3.63) is 72.3 Å². The van der Waals surface area contributed by atoms with E-state index in [-0.39, 0.29) is 11.5 Å². The number of furan rings is 1. The van der Waals surface area contributed by atoms with Gasteiger partial charge in [-0.3, -0.25) is 4.57 Å². The van der Waals surface area contributed by atoms with Crippen molar-refractivity contribution < 1.29 is 8.81 Å². The normalized spacial score (nSPS) is 10.7. The molecular weight excluding hydrogens is 367 g/mol. The van der Waals surface area contributed by atoms with Crippen LogP contribution in [0.3, 0.4) is 0 Å². The molecule has 0 aliphatic rings. The van der Waals surface area contributed by atoms with Crippen molar-refractivity contribution in [2.75, 3.05) is 0 Å². The maximum absolute atomic E-state index is 14.3. The van der Waals surface area contributed by atoms with E-state index in [1.165, 1.54) is 30.2 Å². The summed E-state index contributed by atoms with van der Waals surface area (Å²) in [5.41, 5.74) is 0.567. The van der Waals surface area contributed by atoms with Gasteiger partial charge in [0.05, 0.1) is 30.8 Å². The second-order valence-electron chi connectivity index (χ2n) is 5.41. The Kier molecular flexibility index (Phi) is 4.63. The largest absolute Gasteiger partial charge is 0.467 e. The lowest BCUT2D eigenvalue weighted by Gasteiger charge is -2.09. The van der Waals surface area contributed by atoms with Crippen molar-refractivity contribution in [1.29, 1.82) is 5.26 Å². The Morgan fingerprint density at radius 2 is 2.00 bits per heavy atom. The molecule has 3 aromatic heterocycles. The lowest BCUT2D eigenvalue weighted by Crippen LogP contribution is -2.04. The smallest absolute Gasteiger partial charge is 0.198 e. The van der Waals surface area contributed by atoms with Crippen molar-refractivity contribution in [3.8, 4) is 17.5 Å². The second-order valence-corrected chi connectivity index (χ2v) is 6.39. The molecule has 0 aliphatic heterocycles. The minimum atomic E-state index is -0.389. The monoisotopic (exact) mass is 378 g/mol. The van der Waals surface area contributed by atoms with Gasteiger partial charge in [-0.2, -0.15) is 5.26 Å². The number of halogens is 1. The average molecular weight is 378 g/mol. The number of hydrogen-bond acceptors (Lipinski definition) is 7. The Balaban J connectivity index is 1.74. The summed E-state index contributed by atoms with van der Waals surface area (Å²) in [7, 11) is 0. The number of rotatable bonds is 5. The molecule has 3 heterocycles. The molecule has 7 nitrogen and oxygen atoms in total. The maximum atomic E-state index is 14.3. The second kappa shape index (κ2) is 7.39. The van der Waals surface area contributed by atoms with E-state index in [1.54, 1.807) is 35.1 Å². The van der Waals surface area contributed by atoms with E-state index < -0.39 is 0 Å². The number of benzene rings is 1. The first-order valence-electron chi connectivity index (χ1n) is 7.85. The highest BCUT2D eigenvalue weighted by Gasteiger charge is 2.19. The summed E-state index contributed by atoms with van der Waals surface area (Å²) in [6.07, 6.45) is 4.44. The average Bonchev–Trinajstić information content (AvgIpc) is 3.34. The minimum absolute atomic E-state index is 0.225. The Morgan fingerprint density at radius 3 is 2.70 bits per heavy atom. The fourth-order valence-corrected chi connectivity index (χ4v) is 3.17.